The van der Waals surface area contributed by atoms with Crippen LogP contribution in [-0.2, 0) is 16.0 Å². The number of rotatable bonds is 14. The molecule has 0 saturated heterocycles. The Morgan fingerprint density at radius 1 is 1.24 bits per heavy atom. The van der Waals surface area contributed by atoms with Crippen molar-refractivity contribution in [2.24, 2.45) is 0 Å². The van der Waals surface area contributed by atoms with Crippen LogP contribution in [0.5, 0.6) is 11.5 Å². The summed E-state index contributed by atoms with van der Waals surface area (Å²) in [5, 5.41) is 12.4. The SMILES string of the molecule is CCCC(CCOC(C)=O)Nc1nc(N)nc(C)c1Cc1ccc(OCCCO)cc1OC. The third-order valence-electron chi connectivity index (χ3n) is 5.18. The lowest BCUT2D eigenvalue weighted by atomic mass is 10.0. The van der Waals surface area contributed by atoms with Crippen LogP contribution in [0, 0.1) is 6.92 Å². The van der Waals surface area contributed by atoms with Crippen molar-refractivity contribution in [1.29, 1.82) is 0 Å². The van der Waals surface area contributed by atoms with Gasteiger partial charge in [-0.05, 0) is 25.0 Å². The molecule has 0 fully saturated rings. The van der Waals surface area contributed by atoms with Crippen LogP contribution < -0.4 is 20.5 Å². The average molecular weight is 461 g/mol. The van der Waals surface area contributed by atoms with Gasteiger partial charge in [0.05, 0.1) is 20.3 Å². The molecule has 9 nitrogen and oxygen atoms in total. The van der Waals surface area contributed by atoms with Gasteiger partial charge >= 0.3 is 5.97 Å². The van der Waals surface area contributed by atoms with E-state index in [9.17, 15) is 4.79 Å². The minimum atomic E-state index is -0.288. The molecule has 0 aliphatic carbocycles. The summed E-state index contributed by atoms with van der Waals surface area (Å²) in [5.74, 6) is 1.96. The second-order valence-electron chi connectivity index (χ2n) is 7.83. The molecule has 9 heteroatoms. The number of anilines is 2. The van der Waals surface area contributed by atoms with E-state index in [1.165, 1.54) is 6.92 Å². The molecular formula is C24H36N4O5. The summed E-state index contributed by atoms with van der Waals surface area (Å²) in [6, 6.07) is 5.75. The number of esters is 1. The number of aliphatic hydroxyl groups excluding tert-OH is 1. The van der Waals surface area contributed by atoms with Crippen molar-refractivity contribution < 1.29 is 24.1 Å². The van der Waals surface area contributed by atoms with Crippen LogP contribution in [0.2, 0.25) is 0 Å². The van der Waals surface area contributed by atoms with Crippen molar-refractivity contribution in [2.75, 3.05) is 38.0 Å². The number of nitrogens with two attached hydrogens (primary N) is 1. The molecule has 0 saturated carbocycles. The molecule has 1 aromatic heterocycles. The van der Waals surface area contributed by atoms with Gasteiger partial charge in [0.1, 0.15) is 17.3 Å². The summed E-state index contributed by atoms with van der Waals surface area (Å²) in [6.07, 6.45) is 3.64. The van der Waals surface area contributed by atoms with E-state index in [-0.39, 0.29) is 24.6 Å². The zero-order chi connectivity index (χ0) is 24.2. The Morgan fingerprint density at radius 2 is 2.03 bits per heavy atom. The summed E-state index contributed by atoms with van der Waals surface area (Å²) in [4.78, 5) is 20.0. The lowest BCUT2D eigenvalue weighted by Crippen LogP contribution is -2.24. The number of aliphatic hydroxyl groups is 1. The molecule has 1 heterocycles. The molecule has 0 amide bonds. The highest BCUT2D eigenvalue weighted by Crippen LogP contribution is 2.30. The standard InChI is InChI=1S/C24H36N4O5/c1-5-7-19(10-13-32-17(3)30)27-23-21(16(2)26-24(25)28-23)14-18-8-9-20(15-22(18)31-4)33-12-6-11-29/h8-9,15,19,29H,5-7,10-14H2,1-4H3,(H3,25,26,27,28). The zero-order valence-corrected chi connectivity index (χ0v) is 20.0. The molecule has 1 atom stereocenters. The summed E-state index contributed by atoms with van der Waals surface area (Å²) < 4.78 is 16.4. The predicted molar refractivity (Wildman–Crippen MR) is 128 cm³/mol. The number of nitrogens with zero attached hydrogens (tertiary/aromatic N) is 2. The molecule has 0 aliphatic rings. The van der Waals surface area contributed by atoms with Gasteiger partial charge in [-0.3, -0.25) is 4.79 Å². The highest BCUT2D eigenvalue weighted by Gasteiger charge is 2.18. The number of nitrogen functional groups attached to an aromatic ring is 1. The van der Waals surface area contributed by atoms with Crippen LogP contribution in [0.1, 0.15) is 56.4 Å². The summed E-state index contributed by atoms with van der Waals surface area (Å²) in [6.45, 7) is 6.28. The van der Waals surface area contributed by atoms with E-state index in [1.54, 1.807) is 7.11 Å². The van der Waals surface area contributed by atoms with E-state index in [0.717, 1.165) is 29.7 Å². The molecule has 1 aromatic carbocycles. The van der Waals surface area contributed by atoms with Gasteiger partial charge in [0, 0.05) is 56.2 Å². The quantitative estimate of drug-likeness (QED) is 0.287. The molecule has 33 heavy (non-hydrogen) atoms. The van der Waals surface area contributed by atoms with Gasteiger partial charge < -0.3 is 30.4 Å². The Balaban J connectivity index is 2.27. The van der Waals surface area contributed by atoms with Crippen LogP contribution in [0.3, 0.4) is 0 Å². The smallest absolute Gasteiger partial charge is 0.302 e. The van der Waals surface area contributed by atoms with E-state index in [0.29, 0.717) is 49.8 Å². The number of aromatic nitrogens is 2. The number of nitrogens with one attached hydrogen (secondary N) is 1. The second kappa shape index (κ2) is 13.5. The van der Waals surface area contributed by atoms with Crippen molar-refractivity contribution >= 4 is 17.7 Å². The number of hydrogen-bond donors (Lipinski definition) is 3. The van der Waals surface area contributed by atoms with Gasteiger partial charge in [-0.15, -0.1) is 0 Å². The van der Waals surface area contributed by atoms with Gasteiger partial charge in [-0.25, -0.2) is 4.98 Å². The number of methoxy groups -OCH3 is 1. The monoisotopic (exact) mass is 460 g/mol. The molecule has 0 aliphatic heterocycles. The van der Waals surface area contributed by atoms with Crippen LogP contribution in [0.15, 0.2) is 18.2 Å². The molecule has 0 radical (unpaired) electrons. The fourth-order valence-corrected chi connectivity index (χ4v) is 3.53. The largest absolute Gasteiger partial charge is 0.496 e. The van der Waals surface area contributed by atoms with Crippen LogP contribution in [0.4, 0.5) is 11.8 Å². The van der Waals surface area contributed by atoms with E-state index in [4.69, 9.17) is 25.1 Å². The predicted octanol–water partition coefficient (Wildman–Crippen LogP) is 3.26. The van der Waals surface area contributed by atoms with Crippen molar-refractivity contribution in [3.8, 4) is 11.5 Å². The van der Waals surface area contributed by atoms with E-state index in [1.807, 2.05) is 25.1 Å². The van der Waals surface area contributed by atoms with Crippen LogP contribution in [-0.4, -0.2) is 54.0 Å². The molecule has 2 aromatic rings. The zero-order valence-electron chi connectivity index (χ0n) is 20.0. The van der Waals surface area contributed by atoms with Crippen LogP contribution in [0.25, 0.3) is 0 Å². The fourth-order valence-electron chi connectivity index (χ4n) is 3.53. The van der Waals surface area contributed by atoms with Gasteiger partial charge in [-0.1, -0.05) is 19.4 Å². The summed E-state index contributed by atoms with van der Waals surface area (Å²) >= 11 is 0. The molecule has 0 bridgehead atoms. The first-order valence-electron chi connectivity index (χ1n) is 11.3. The molecular weight excluding hydrogens is 424 g/mol. The fraction of sp³-hybridized carbons (Fsp3) is 0.542. The van der Waals surface area contributed by atoms with Crippen molar-refractivity contribution in [3.63, 3.8) is 0 Å². The van der Waals surface area contributed by atoms with Gasteiger partial charge in [0.2, 0.25) is 5.95 Å². The Kier molecular flexibility index (Phi) is 10.7. The topological polar surface area (TPSA) is 129 Å². The number of benzene rings is 1. The van der Waals surface area contributed by atoms with Crippen molar-refractivity contribution in [3.05, 3.63) is 35.0 Å². The minimum Gasteiger partial charge on any atom is -0.496 e. The number of carbonyl (C=O) groups excluding carboxylic acids is 1. The summed E-state index contributed by atoms with van der Waals surface area (Å²) in [5.41, 5.74) is 8.62. The maximum Gasteiger partial charge on any atom is 0.302 e. The Bertz CT molecular complexity index is 907. The average Bonchev–Trinajstić information content (AvgIpc) is 2.76. The molecule has 0 spiro atoms. The highest BCUT2D eigenvalue weighted by atomic mass is 16.5. The first-order chi connectivity index (χ1) is 15.9. The second-order valence-corrected chi connectivity index (χ2v) is 7.83. The first kappa shape index (κ1) is 26.2. The Morgan fingerprint density at radius 3 is 2.70 bits per heavy atom. The van der Waals surface area contributed by atoms with Gasteiger partial charge in [-0.2, -0.15) is 4.98 Å². The normalized spacial score (nSPS) is 11.7. The maximum atomic E-state index is 11.1. The maximum absolute atomic E-state index is 11.1. The number of ether oxygens (including phenoxy) is 3. The minimum absolute atomic E-state index is 0.0750. The van der Waals surface area contributed by atoms with E-state index >= 15 is 0 Å². The highest BCUT2D eigenvalue weighted by molar-refractivity contribution is 5.65. The van der Waals surface area contributed by atoms with E-state index < -0.39 is 0 Å². The Hall–Kier alpha value is -3.07. The van der Waals surface area contributed by atoms with Gasteiger partial charge in [0.15, 0.2) is 0 Å². The molecule has 1 unspecified atom stereocenters. The lowest BCUT2D eigenvalue weighted by molar-refractivity contribution is -0.141. The van der Waals surface area contributed by atoms with Crippen molar-refractivity contribution in [2.45, 2.75) is 58.9 Å². The van der Waals surface area contributed by atoms with Gasteiger partial charge in [0.25, 0.3) is 0 Å². The molecule has 4 N–H and O–H groups in total. The number of carbonyl (C=O) groups is 1. The molecule has 2 rings (SSSR count). The third-order valence-corrected chi connectivity index (χ3v) is 5.18. The lowest BCUT2D eigenvalue weighted by Gasteiger charge is -2.22. The van der Waals surface area contributed by atoms with Crippen LogP contribution >= 0.6 is 0 Å². The Labute approximate surface area is 195 Å². The third kappa shape index (κ3) is 8.42. The van der Waals surface area contributed by atoms with Crippen molar-refractivity contribution in [1.82, 2.24) is 9.97 Å². The number of hydrogen-bond acceptors (Lipinski definition) is 9. The summed E-state index contributed by atoms with van der Waals surface area (Å²) in [7, 11) is 1.62. The first-order valence-corrected chi connectivity index (χ1v) is 11.3. The molecule has 182 valence electrons. The van der Waals surface area contributed by atoms with E-state index in [2.05, 4.69) is 22.2 Å². The number of aryl methyl sites for hydroxylation is 1.